The van der Waals surface area contributed by atoms with Crippen LogP contribution in [0.25, 0.3) is 11.3 Å². The summed E-state index contributed by atoms with van der Waals surface area (Å²) >= 11 is 0. The Morgan fingerprint density at radius 3 is 2.37 bits per heavy atom. The molecule has 3 aromatic rings. The number of Topliss-reactive ketones (excluding diaryl/α,β-unsaturated/α-hetero) is 2. The number of alkyl halides is 9. The van der Waals surface area contributed by atoms with E-state index in [2.05, 4.69) is 14.7 Å². The number of aromatic nitrogens is 2. The molecule has 4 atom stereocenters. The number of allylic oxidation sites excluding steroid dienone is 1. The van der Waals surface area contributed by atoms with E-state index in [0.29, 0.717) is 43.4 Å². The monoisotopic (exact) mass is 741 g/mol. The first kappa shape index (κ1) is 37.3. The van der Waals surface area contributed by atoms with Gasteiger partial charge < -0.3 is 9.84 Å². The number of aliphatic hydroxyl groups excluding tert-OH is 1. The Bertz CT molecular complexity index is 1910. The molecule has 2 aromatic carbocycles. The van der Waals surface area contributed by atoms with Crippen LogP contribution in [0.5, 0.6) is 5.75 Å². The topological polar surface area (TPSA) is 92.6 Å². The van der Waals surface area contributed by atoms with Gasteiger partial charge in [-0.25, -0.2) is 9.97 Å². The van der Waals surface area contributed by atoms with Crippen LogP contribution in [0.3, 0.4) is 0 Å². The summed E-state index contributed by atoms with van der Waals surface area (Å²) < 4.78 is 124. The van der Waals surface area contributed by atoms with Crippen molar-refractivity contribution in [2.24, 2.45) is 5.92 Å². The molecule has 7 nitrogen and oxygen atoms in total. The van der Waals surface area contributed by atoms with Gasteiger partial charge in [-0.2, -0.15) is 26.3 Å². The van der Waals surface area contributed by atoms with Gasteiger partial charge in [-0.15, -0.1) is 13.2 Å². The van der Waals surface area contributed by atoms with Gasteiger partial charge in [0, 0.05) is 23.9 Å². The molecule has 0 radical (unpaired) electrons. The number of hydrogen-bond acceptors (Lipinski definition) is 7. The average molecular weight is 742 g/mol. The Kier molecular flexibility index (Phi) is 9.68. The van der Waals surface area contributed by atoms with Crippen LogP contribution in [-0.2, 0) is 28.4 Å². The number of aliphatic hydroxyl groups is 1. The minimum atomic E-state index is -4.91. The minimum Gasteiger partial charge on any atom is -0.509 e. The van der Waals surface area contributed by atoms with E-state index in [1.165, 1.54) is 18.2 Å². The zero-order valence-corrected chi connectivity index (χ0v) is 27.5. The Balaban J connectivity index is 1.32. The molecule has 1 aromatic heterocycles. The molecular formula is C36H32F9N3O4. The summed E-state index contributed by atoms with van der Waals surface area (Å²) in [4.78, 5) is 37.0. The fourth-order valence-electron chi connectivity index (χ4n) is 7.72. The summed E-state index contributed by atoms with van der Waals surface area (Å²) in [5.41, 5.74) is -4.18. The fraction of sp³-hybridized carbons (Fsp3) is 0.444. The van der Waals surface area contributed by atoms with Crippen molar-refractivity contribution in [3.05, 3.63) is 88.6 Å². The SMILES string of the molecule is CC12CCCN1C(Cc1cccc(OC(F)(F)F)c1)CCC(=O)C(C(=O)C1CC[C@@H]1c1ccc(C(F)(F)F)cc1-c1cc(C(F)(F)F)ncn1)=C2O. The predicted molar refractivity (Wildman–Crippen MR) is 167 cm³/mol. The van der Waals surface area contributed by atoms with Crippen LogP contribution in [0.15, 0.2) is 66.2 Å². The molecule has 52 heavy (non-hydrogen) atoms. The van der Waals surface area contributed by atoms with E-state index < -0.39 is 87.7 Å². The number of hydrogen-bond donors (Lipinski definition) is 1. The zero-order chi connectivity index (χ0) is 37.8. The second-order valence-corrected chi connectivity index (χ2v) is 13.6. The van der Waals surface area contributed by atoms with Gasteiger partial charge in [-0.05, 0) is 99.4 Å². The molecule has 6 rings (SSSR count). The summed E-state index contributed by atoms with van der Waals surface area (Å²) in [6.07, 6.45) is -12.4. The molecule has 278 valence electrons. The number of carbonyl (C=O) groups is 2. The Morgan fingerprint density at radius 1 is 0.962 bits per heavy atom. The van der Waals surface area contributed by atoms with E-state index in [9.17, 15) is 54.2 Å². The van der Waals surface area contributed by atoms with Gasteiger partial charge in [0.25, 0.3) is 0 Å². The van der Waals surface area contributed by atoms with Crippen LogP contribution >= 0.6 is 0 Å². The van der Waals surface area contributed by atoms with Crippen molar-refractivity contribution in [2.45, 2.75) is 88.1 Å². The van der Waals surface area contributed by atoms with Crippen molar-refractivity contribution in [3.8, 4) is 17.0 Å². The molecule has 1 N–H and O–H groups in total. The molecule has 2 fully saturated rings. The van der Waals surface area contributed by atoms with Crippen molar-refractivity contribution >= 4 is 11.6 Å². The van der Waals surface area contributed by atoms with Crippen LogP contribution in [0, 0.1) is 5.92 Å². The Labute approximate surface area is 291 Å². The quantitative estimate of drug-likeness (QED) is 0.191. The van der Waals surface area contributed by atoms with Crippen LogP contribution in [0.2, 0.25) is 0 Å². The number of nitrogens with zero attached hydrogens (tertiary/aromatic N) is 3. The standard InChI is InChI=1S/C36H32F9N3O4/c1-33-12-3-13-48(33)21(14-19-4-2-5-22(15-19)52-36(43,44)45)7-11-28(49)30(32(33)51)31(50)25-10-9-23(25)24-8-6-20(34(37,38)39)16-26(24)27-17-29(35(40,41)42)47-18-46-27/h2,4-6,8,15-18,21,23,25,51H,3,7,9-14H2,1H3/t21?,23-,25?,33?/m1/s1. The summed E-state index contributed by atoms with van der Waals surface area (Å²) in [6.45, 7) is 2.14. The lowest BCUT2D eigenvalue weighted by Crippen LogP contribution is -2.52. The molecule has 0 spiro atoms. The van der Waals surface area contributed by atoms with Crippen LogP contribution < -0.4 is 4.74 Å². The van der Waals surface area contributed by atoms with Gasteiger partial charge in [0.1, 0.15) is 29.1 Å². The highest BCUT2D eigenvalue weighted by Crippen LogP contribution is 2.50. The number of rotatable bonds is 7. The highest BCUT2D eigenvalue weighted by molar-refractivity contribution is 6.22. The predicted octanol–water partition coefficient (Wildman–Crippen LogP) is 8.78. The lowest BCUT2D eigenvalue weighted by molar-refractivity contribution is -0.274. The normalized spacial score (nSPS) is 24.6. The van der Waals surface area contributed by atoms with Gasteiger partial charge in [0.15, 0.2) is 11.6 Å². The van der Waals surface area contributed by atoms with Crippen molar-refractivity contribution in [1.29, 1.82) is 0 Å². The lowest BCUT2D eigenvalue weighted by atomic mass is 9.64. The summed E-state index contributed by atoms with van der Waals surface area (Å²) in [5.74, 6) is -4.02. The second kappa shape index (κ2) is 13.5. The molecule has 3 aliphatic rings. The molecule has 16 heteroatoms. The maximum atomic E-state index is 14.2. The third kappa shape index (κ3) is 7.39. The number of halogens is 9. The minimum absolute atomic E-state index is 0.133. The Hall–Kier alpha value is -4.47. The molecular weight excluding hydrogens is 709 g/mol. The molecule has 3 heterocycles. The van der Waals surface area contributed by atoms with Gasteiger partial charge in [-0.3, -0.25) is 14.5 Å². The second-order valence-electron chi connectivity index (χ2n) is 13.6. The maximum Gasteiger partial charge on any atom is 0.573 e. The number of carbonyl (C=O) groups excluding carboxylic acids is 2. The highest BCUT2D eigenvalue weighted by atomic mass is 19.4. The van der Waals surface area contributed by atoms with Crippen molar-refractivity contribution in [2.75, 3.05) is 6.54 Å². The summed E-state index contributed by atoms with van der Waals surface area (Å²) in [7, 11) is 0. The zero-order valence-electron chi connectivity index (χ0n) is 27.5. The van der Waals surface area contributed by atoms with Crippen LogP contribution in [0.4, 0.5) is 39.5 Å². The first-order valence-electron chi connectivity index (χ1n) is 16.5. The third-order valence-corrected chi connectivity index (χ3v) is 10.3. The molecule has 0 amide bonds. The van der Waals surface area contributed by atoms with Gasteiger partial charge in [0.2, 0.25) is 0 Å². The largest absolute Gasteiger partial charge is 0.573 e. The summed E-state index contributed by atoms with van der Waals surface area (Å²) in [5, 5.41) is 11.8. The van der Waals surface area contributed by atoms with Crippen molar-refractivity contribution < 1.29 is 58.9 Å². The molecule has 0 bridgehead atoms. The first-order valence-corrected chi connectivity index (χ1v) is 16.5. The van der Waals surface area contributed by atoms with E-state index in [1.54, 1.807) is 13.0 Å². The van der Waals surface area contributed by atoms with E-state index in [1.807, 2.05) is 4.90 Å². The summed E-state index contributed by atoms with van der Waals surface area (Å²) in [6, 6.07) is 8.14. The molecule has 2 aliphatic heterocycles. The lowest BCUT2D eigenvalue weighted by Gasteiger charge is -2.43. The first-order chi connectivity index (χ1) is 24.3. The number of ketones is 2. The number of benzene rings is 2. The van der Waals surface area contributed by atoms with E-state index in [4.69, 9.17) is 0 Å². The van der Waals surface area contributed by atoms with Crippen molar-refractivity contribution in [3.63, 3.8) is 0 Å². The third-order valence-electron chi connectivity index (χ3n) is 10.3. The fourth-order valence-corrected chi connectivity index (χ4v) is 7.72. The molecule has 1 saturated heterocycles. The highest BCUT2D eigenvalue weighted by Gasteiger charge is 2.50. The van der Waals surface area contributed by atoms with Gasteiger partial charge >= 0.3 is 18.7 Å². The van der Waals surface area contributed by atoms with E-state index in [-0.39, 0.29) is 43.2 Å². The van der Waals surface area contributed by atoms with Gasteiger partial charge in [-0.1, -0.05) is 18.2 Å². The van der Waals surface area contributed by atoms with Crippen LogP contribution in [0.1, 0.15) is 73.8 Å². The average Bonchev–Trinajstić information content (AvgIpc) is 3.43. The number of fused-ring (bicyclic) bond motifs is 1. The molecule has 1 saturated carbocycles. The van der Waals surface area contributed by atoms with E-state index in [0.717, 1.165) is 12.1 Å². The van der Waals surface area contributed by atoms with Crippen LogP contribution in [-0.4, -0.2) is 56.0 Å². The smallest absolute Gasteiger partial charge is 0.509 e. The van der Waals surface area contributed by atoms with Gasteiger partial charge in [0.05, 0.1) is 16.8 Å². The van der Waals surface area contributed by atoms with Crippen molar-refractivity contribution in [1.82, 2.24) is 14.9 Å². The van der Waals surface area contributed by atoms with E-state index >= 15 is 0 Å². The molecule has 3 unspecified atom stereocenters. The maximum absolute atomic E-state index is 14.2. The number of ether oxygens (including phenoxy) is 1. The molecule has 1 aliphatic carbocycles. The Morgan fingerprint density at radius 2 is 1.71 bits per heavy atom.